The predicted octanol–water partition coefficient (Wildman–Crippen LogP) is 1.13. The molecule has 2 rings (SSSR count). The average Bonchev–Trinajstić information content (AvgIpc) is 2.84. The van der Waals surface area contributed by atoms with Gasteiger partial charge in [-0.05, 0) is 31.6 Å². The maximum Gasteiger partial charge on any atom is 0.137 e. The third-order valence-corrected chi connectivity index (χ3v) is 3.09. The summed E-state index contributed by atoms with van der Waals surface area (Å²) in [4.78, 5) is 6.95. The lowest BCUT2D eigenvalue weighted by Crippen LogP contribution is -2.29. The lowest BCUT2D eigenvalue weighted by Gasteiger charge is -2.20. The van der Waals surface area contributed by atoms with Crippen LogP contribution in [0.4, 0.5) is 0 Å². The predicted molar refractivity (Wildman–Crippen MR) is 76.0 cm³/mol. The molecule has 104 valence electrons. The highest BCUT2D eigenvalue weighted by atomic mass is 16.5. The first kappa shape index (κ1) is 14.0. The molecule has 0 saturated heterocycles. The highest BCUT2D eigenvalue weighted by molar-refractivity contribution is 5.39. The molecular formula is C14H22N4O. The zero-order valence-corrected chi connectivity index (χ0v) is 11.5. The molecule has 0 fully saturated rings. The first-order valence-corrected chi connectivity index (χ1v) is 6.67. The van der Waals surface area contributed by atoms with Crippen LogP contribution in [0.2, 0.25) is 0 Å². The summed E-state index contributed by atoms with van der Waals surface area (Å²) < 4.78 is 7.20. The fourth-order valence-electron chi connectivity index (χ4n) is 2.10. The number of hydrogen-bond donors (Lipinski definition) is 1. The standard InChI is InChI=1S/C14H22N4O/c1-19-10-9-17(7-4-6-15)11-13-12-18-8-3-2-5-14(18)16-13/h2-3,5,8,12H,4,6-7,9-11,15H2,1H3. The van der Waals surface area contributed by atoms with E-state index in [-0.39, 0.29) is 0 Å². The molecule has 5 heteroatoms. The Morgan fingerprint density at radius 1 is 1.37 bits per heavy atom. The van der Waals surface area contributed by atoms with Crippen LogP contribution in [0.15, 0.2) is 30.6 Å². The summed E-state index contributed by atoms with van der Waals surface area (Å²) in [5.41, 5.74) is 7.65. The van der Waals surface area contributed by atoms with Gasteiger partial charge in [0.2, 0.25) is 0 Å². The molecule has 5 nitrogen and oxygen atoms in total. The molecule has 0 aliphatic heterocycles. The van der Waals surface area contributed by atoms with Gasteiger partial charge in [-0.2, -0.15) is 0 Å². The minimum Gasteiger partial charge on any atom is -0.383 e. The van der Waals surface area contributed by atoms with E-state index in [0.717, 1.165) is 44.0 Å². The number of imidazole rings is 1. The number of fused-ring (bicyclic) bond motifs is 1. The van der Waals surface area contributed by atoms with Gasteiger partial charge in [-0.15, -0.1) is 0 Å². The van der Waals surface area contributed by atoms with Gasteiger partial charge in [-0.25, -0.2) is 4.98 Å². The van der Waals surface area contributed by atoms with Crippen molar-refractivity contribution in [1.29, 1.82) is 0 Å². The van der Waals surface area contributed by atoms with Crippen LogP contribution in [0, 0.1) is 0 Å². The van der Waals surface area contributed by atoms with Gasteiger partial charge in [-0.3, -0.25) is 4.90 Å². The summed E-state index contributed by atoms with van der Waals surface area (Å²) >= 11 is 0. The van der Waals surface area contributed by atoms with Crippen molar-refractivity contribution in [3.63, 3.8) is 0 Å². The van der Waals surface area contributed by atoms with Crippen LogP contribution in [0.5, 0.6) is 0 Å². The van der Waals surface area contributed by atoms with E-state index >= 15 is 0 Å². The molecule has 0 aliphatic rings. The first-order valence-electron chi connectivity index (χ1n) is 6.67. The fraction of sp³-hybridized carbons (Fsp3) is 0.500. The van der Waals surface area contributed by atoms with Gasteiger partial charge >= 0.3 is 0 Å². The third kappa shape index (κ3) is 4.02. The Hall–Kier alpha value is -1.43. The minimum absolute atomic E-state index is 0.717. The number of nitrogens with two attached hydrogens (primary N) is 1. The van der Waals surface area contributed by atoms with Gasteiger partial charge in [0.25, 0.3) is 0 Å². The summed E-state index contributed by atoms with van der Waals surface area (Å²) in [5, 5.41) is 0. The number of methoxy groups -OCH3 is 1. The molecule has 0 atom stereocenters. The molecule has 2 aromatic rings. The number of nitrogens with zero attached hydrogens (tertiary/aromatic N) is 3. The Kier molecular flexibility index (Phi) is 5.32. The fourth-order valence-corrected chi connectivity index (χ4v) is 2.10. The summed E-state index contributed by atoms with van der Waals surface area (Å²) in [6.45, 7) is 4.18. The van der Waals surface area contributed by atoms with Crippen molar-refractivity contribution in [2.45, 2.75) is 13.0 Å². The number of pyridine rings is 1. The van der Waals surface area contributed by atoms with Crippen molar-refractivity contribution >= 4 is 5.65 Å². The zero-order valence-electron chi connectivity index (χ0n) is 11.5. The molecule has 0 spiro atoms. The van der Waals surface area contributed by atoms with Gasteiger partial charge in [0.05, 0.1) is 12.3 Å². The Bertz CT molecular complexity index is 456. The van der Waals surface area contributed by atoms with Gasteiger partial charge < -0.3 is 14.9 Å². The number of aromatic nitrogens is 2. The van der Waals surface area contributed by atoms with Crippen LogP contribution in [0.1, 0.15) is 12.1 Å². The summed E-state index contributed by atoms with van der Waals surface area (Å²) in [6.07, 6.45) is 5.10. The van der Waals surface area contributed by atoms with Crippen LogP contribution in [-0.2, 0) is 11.3 Å². The SMILES string of the molecule is COCCN(CCCN)Cc1cn2ccccc2n1. The number of rotatable bonds is 8. The second kappa shape index (κ2) is 7.23. The molecule has 0 saturated carbocycles. The highest BCUT2D eigenvalue weighted by Crippen LogP contribution is 2.07. The van der Waals surface area contributed by atoms with Crippen molar-refractivity contribution in [3.8, 4) is 0 Å². The minimum atomic E-state index is 0.717. The number of hydrogen-bond acceptors (Lipinski definition) is 4. The van der Waals surface area contributed by atoms with Crippen molar-refractivity contribution in [2.75, 3.05) is 33.4 Å². The van der Waals surface area contributed by atoms with E-state index < -0.39 is 0 Å². The maximum absolute atomic E-state index is 5.58. The monoisotopic (exact) mass is 262 g/mol. The molecule has 0 aromatic carbocycles. The Balaban J connectivity index is 2.01. The Morgan fingerprint density at radius 2 is 2.26 bits per heavy atom. The lowest BCUT2D eigenvalue weighted by molar-refractivity contribution is 0.143. The largest absolute Gasteiger partial charge is 0.383 e. The third-order valence-electron chi connectivity index (χ3n) is 3.09. The van der Waals surface area contributed by atoms with Crippen molar-refractivity contribution in [1.82, 2.24) is 14.3 Å². The van der Waals surface area contributed by atoms with Crippen molar-refractivity contribution < 1.29 is 4.74 Å². The van der Waals surface area contributed by atoms with Crippen LogP contribution in [-0.4, -0.2) is 47.6 Å². The molecule has 0 aliphatic carbocycles. The van der Waals surface area contributed by atoms with E-state index in [1.807, 2.05) is 28.8 Å². The van der Waals surface area contributed by atoms with Crippen LogP contribution in [0.3, 0.4) is 0 Å². The van der Waals surface area contributed by atoms with E-state index in [1.54, 1.807) is 7.11 Å². The normalized spacial score (nSPS) is 11.5. The molecule has 2 N–H and O–H groups in total. The number of ether oxygens (including phenoxy) is 1. The maximum atomic E-state index is 5.58. The Labute approximate surface area is 114 Å². The van der Waals surface area contributed by atoms with E-state index in [1.165, 1.54) is 0 Å². The zero-order chi connectivity index (χ0) is 13.5. The van der Waals surface area contributed by atoms with E-state index in [0.29, 0.717) is 6.54 Å². The lowest BCUT2D eigenvalue weighted by atomic mass is 10.3. The summed E-state index contributed by atoms with van der Waals surface area (Å²) in [6, 6.07) is 6.03. The summed E-state index contributed by atoms with van der Waals surface area (Å²) in [5.74, 6) is 0. The molecule has 2 aromatic heterocycles. The molecule has 0 unspecified atom stereocenters. The van der Waals surface area contributed by atoms with Gasteiger partial charge in [0.15, 0.2) is 0 Å². The second-order valence-corrected chi connectivity index (χ2v) is 4.61. The van der Waals surface area contributed by atoms with Gasteiger partial charge in [-0.1, -0.05) is 6.07 Å². The molecule has 19 heavy (non-hydrogen) atoms. The van der Waals surface area contributed by atoms with Crippen LogP contribution < -0.4 is 5.73 Å². The van der Waals surface area contributed by atoms with Crippen LogP contribution in [0.25, 0.3) is 5.65 Å². The molecule has 0 bridgehead atoms. The first-order chi connectivity index (χ1) is 9.33. The average molecular weight is 262 g/mol. The van der Waals surface area contributed by atoms with E-state index in [4.69, 9.17) is 10.5 Å². The van der Waals surface area contributed by atoms with E-state index in [2.05, 4.69) is 16.1 Å². The topological polar surface area (TPSA) is 55.8 Å². The Morgan fingerprint density at radius 3 is 3.00 bits per heavy atom. The molecular weight excluding hydrogens is 240 g/mol. The highest BCUT2D eigenvalue weighted by Gasteiger charge is 2.08. The van der Waals surface area contributed by atoms with Crippen molar-refractivity contribution in [3.05, 3.63) is 36.3 Å². The quantitative estimate of drug-likeness (QED) is 0.775. The van der Waals surface area contributed by atoms with Crippen LogP contribution >= 0.6 is 0 Å². The van der Waals surface area contributed by atoms with Crippen molar-refractivity contribution in [2.24, 2.45) is 5.73 Å². The van der Waals surface area contributed by atoms with Gasteiger partial charge in [0.1, 0.15) is 5.65 Å². The molecule has 0 radical (unpaired) electrons. The molecule has 2 heterocycles. The van der Waals surface area contributed by atoms with Gasteiger partial charge in [0, 0.05) is 32.6 Å². The van der Waals surface area contributed by atoms with E-state index in [9.17, 15) is 0 Å². The second-order valence-electron chi connectivity index (χ2n) is 4.61. The summed E-state index contributed by atoms with van der Waals surface area (Å²) in [7, 11) is 1.73. The molecule has 0 amide bonds. The smallest absolute Gasteiger partial charge is 0.137 e.